The van der Waals surface area contributed by atoms with E-state index in [0.717, 1.165) is 12.1 Å². The lowest BCUT2D eigenvalue weighted by Crippen LogP contribution is -2.32. The van der Waals surface area contributed by atoms with Gasteiger partial charge >= 0.3 is 6.09 Å². The van der Waals surface area contributed by atoms with Crippen LogP contribution in [-0.2, 0) is 4.74 Å². The average Bonchev–Trinajstić information content (AvgIpc) is 2.27. The van der Waals surface area contributed by atoms with Gasteiger partial charge in [0.2, 0.25) is 0 Å². The molecule has 1 rings (SSSR count). The van der Waals surface area contributed by atoms with Gasteiger partial charge in [-0.2, -0.15) is 0 Å². The third-order valence-electron chi connectivity index (χ3n) is 1.87. The molecule has 0 bridgehead atoms. The number of amides is 1. The van der Waals surface area contributed by atoms with E-state index in [1.54, 1.807) is 20.8 Å². The van der Waals surface area contributed by atoms with Crippen LogP contribution in [0.5, 0.6) is 0 Å². The number of hydrogen-bond donors (Lipinski definition) is 1. The van der Waals surface area contributed by atoms with Gasteiger partial charge in [0.25, 0.3) is 0 Å². The van der Waals surface area contributed by atoms with Gasteiger partial charge in [0.15, 0.2) is 11.6 Å². The number of ether oxygens (including phenoxy) is 1. The van der Waals surface area contributed by atoms with Gasteiger partial charge in [-0.1, -0.05) is 11.8 Å². The summed E-state index contributed by atoms with van der Waals surface area (Å²) in [6.45, 7) is 5.31. The number of carbonyl (C=O) groups excluding carboxylic acids is 1. The van der Waals surface area contributed by atoms with Crippen LogP contribution in [-0.4, -0.2) is 18.2 Å². The topological polar surface area (TPSA) is 38.3 Å². The lowest BCUT2D eigenvalue weighted by atomic mass is 10.2. The molecule has 1 amide bonds. The van der Waals surface area contributed by atoms with Gasteiger partial charge in [-0.05, 0) is 39.0 Å². The van der Waals surface area contributed by atoms with Crippen molar-refractivity contribution in [2.24, 2.45) is 0 Å². The highest BCUT2D eigenvalue weighted by molar-refractivity contribution is 5.68. The van der Waals surface area contributed by atoms with Gasteiger partial charge < -0.3 is 10.1 Å². The summed E-state index contributed by atoms with van der Waals surface area (Å²) in [6.07, 6.45) is -0.577. The second-order valence-corrected chi connectivity index (χ2v) is 4.79. The van der Waals surface area contributed by atoms with Crippen molar-refractivity contribution in [1.29, 1.82) is 0 Å². The molecule has 1 aromatic rings. The molecule has 19 heavy (non-hydrogen) atoms. The molecule has 0 aromatic heterocycles. The zero-order valence-electron chi connectivity index (χ0n) is 11.0. The Morgan fingerprint density at radius 1 is 1.32 bits per heavy atom. The summed E-state index contributed by atoms with van der Waals surface area (Å²) >= 11 is 0. The number of nitrogens with one attached hydrogen (secondary N) is 1. The normalized spacial score (nSPS) is 10.4. The maximum Gasteiger partial charge on any atom is 0.408 e. The molecule has 5 heteroatoms. The number of rotatable bonds is 1. The minimum absolute atomic E-state index is 0.0634. The first kappa shape index (κ1) is 15.0. The summed E-state index contributed by atoms with van der Waals surface area (Å²) in [6, 6.07) is 3.36. The summed E-state index contributed by atoms with van der Waals surface area (Å²) in [5.74, 6) is 3.35. The molecule has 0 aliphatic rings. The molecular weight excluding hydrogens is 252 g/mol. The van der Waals surface area contributed by atoms with E-state index in [1.807, 2.05) is 0 Å². The first-order valence-corrected chi connectivity index (χ1v) is 5.69. The van der Waals surface area contributed by atoms with Crippen LogP contribution in [0.2, 0.25) is 0 Å². The minimum Gasteiger partial charge on any atom is -0.444 e. The van der Waals surface area contributed by atoms with E-state index in [4.69, 9.17) is 4.74 Å². The van der Waals surface area contributed by atoms with Crippen LogP contribution in [0.25, 0.3) is 0 Å². The monoisotopic (exact) mass is 267 g/mol. The largest absolute Gasteiger partial charge is 0.444 e. The second-order valence-electron chi connectivity index (χ2n) is 4.79. The molecule has 0 radical (unpaired) electrons. The van der Waals surface area contributed by atoms with Gasteiger partial charge in [-0.3, -0.25) is 0 Å². The number of benzene rings is 1. The molecule has 0 saturated heterocycles. The van der Waals surface area contributed by atoms with Crippen molar-refractivity contribution in [1.82, 2.24) is 5.32 Å². The first-order valence-electron chi connectivity index (χ1n) is 5.69. The van der Waals surface area contributed by atoms with Gasteiger partial charge in [0.1, 0.15) is 5.60 Å². The summed E-state index contributed by atoms with van der Waals surface area (Å²) in [4.78, 5) is 11.3. The third kappa shape index (κ3) is 5.87. The zero-order valence-corrected chi connectivity index (χ0v) is 11.0. The minimum atomic E-state index is -0.952. The Bertz CT molecular complexity index is 524. The van der Waals surface area contributed by atoms with Gasteiger partial charge in [0, 0.05) is 5.56 Å². The number of alkyl carbamates (subject to hydrolysis) is 1. The number of halogens is 2. The Labute approximate surface area is 111 Å². The molecule has 0 spiro atoms. The molecule has 0 aliphatic heterocycles. The average molecular weight is 267 g/mol. The second kappa shape index (κ2) is 6.19. The summed E-state index contributed by atoms with van der Waals surface area (Å²) in [7, 11) is 0. The van der Waals surface area contributed by atoms with Crippen molar-refractivity contribution in [3.63, 3.8) is 0 Å². The van der Waals surface area contributed by atoms with Crippen LogP contribution in [0.1, 0.15) is 26.3 Å². The quantitative estimate of drug-likeness (QED) is 0.795. The van der Waals surface area contributed by atoms with Crippen LogP contribution in [0, 0.1) is 23.5 Å². The Kier molecular flexibility index (Phi) is 4.87. The predicted octanol–water partition coefficient (Wildman–Crippen LogP) is 2.84. The maximum atomic E-state index is 12.9. The molecule has 1 N–H and O–H groups in total. The Morgan fingerprint density at radius 2 is 2.00 bits per heavy atom. The highest BCUT2D eigenvalue weighted by Crippen LogP contribution is 2.07. The molecule has 0 aliphatic carbocycles. The molecule has 0 atom stereocenters. The maximum absolute atomic E-state index is 12.9. The van der Waals surface area contributed by atoms with E-state index < -0.39 is 23.3 Å². The summed E-state index contributed by atoms with van der Waals surface area (Å²) < 4.78 is 30.5. The first-order chi connectivity index (χ1) is 8.78. The molecule has 0 saturated carbocycles. The van der Waals surface area contributed by atoms with E-state index in [0.29, 0.717) is 5.56 Å². The fourth-order valence-corrected chi connectivity index (χ4v) is 1.15. The van der Waals surface area contributed by atoms with Crippen molar-refractivity contribution in [3.05, 3.63) is 35.4 Å². The highest BCUT2D eigenvalue weighted by Gasteiger charge is 2.14. The summed E-state index contributed by atoms with van der Waals surface area (Å²) in [5.41, 5.74) is -0.234. The molecule has 102 valence electrons. The molecule has 0 heterocycles. The van der Waals surface area contributed by atoms with Crippen LogP contribution >= 0.6 is 0 Å². The Hall–Kier alpha value is -2.09. The van der Waals surface area contributed by atoms with Crippen molar-refractivity contribution in [3.8, 4) is 11.8 Å². The van der Waals surface area contributed by atoms with Crippen LogP contribution in [0.15, 0.2) is 18.2 Å². The van der Waals surface area contributed by atoms with Crippen molar-refractivity contribution in [2.45, 2.75) is 26.4 Å². The molecule has 3 nitrogen and oxygen atoms in total. The van der Waals surface area contributed by atoms with Crippen LogP contribution < -0.4 is 5.32 Å². The van der Waals surface area contributed by atoms with Gasteiger partial charge in [-0.25, -0.2) is 13.6 Å². The Balaban J connectivity index is 2.47. The number of carbonyl (C=O) groups is 1. The molecule has 0 unspecified atom stereocenters. The van der Waals surface area contributed by atoms with Crippen LogP contribution in [0.3, 0.4) is 0 Å². The lowest BCUT2D eigenvalue weighted by Gasteiger charge is -2.18. The third-order valence-corrected chi connectivity index (χ3v) is 1.87. The molecular formula is C14H15F2NO2. The standard InChI is InChI=1S/C14H15F2NO2/c1-14(2,3)19-13(18)17-8-4-5-10-6-7-11(15)12(16)9-10/h6-7,9H,8H2,1-3H3,(H,17,18). The van der Waals surface area contributed by atoms with E-state index >= 15 is 0 Å². The van der Waals surface area contributed by atoms with E-state index in [-0.39, 0.29) is 6.54 Å². The fraction of sp³-hybridized carbons (Fsp3) is 0.357. The fourth-order valence-electron chi connectivity index (χ4n) is 1.15. The van der Waals surface area contributed by atoms with Gasteiger partial charge in [-0.15, -0.1) is 0 Å². The highest BCUT2D eigenvalue weighted by atomic mass is 19.2. The smallest absolute Gasteiger partial charge is 0.408 e. The SMILES string of the molecule is CC(C)(C)OC(=O)NCC#Cc1ccc(F)c(F)c1. The van der Waals surface area contributed by atoms with E-state index in [2.05, 4.69) is 17.2 Å². The van der Waals surface area contributed by atoms with Crippen molar-refractivity contribution >= 4 is 6.09 Å². The summed E-state index contributed by atoms with van der Waals surface area (Å²) in [5, 5.41) is 2.43. The van der Waals surface area contributed by atoms with Crippen molar-refractivity contribution < 1.29 is 18.3 Å². The predicted molar refractivity (Wildman–Crippen MR) is 67.5 cm³/mol. The van der Waals surface area contributed by atoms with Crippen LogP contribution in [0.4, 0.5) is 13.6 Å². The lowest BCUT2D eigenvalue weighted by molar-refractivity contribution is 0.0535. The number of hydrogen-bond acceptors (Lipinski definition) is 2. The molecule has 0 fully saturated rings. The van der Waals surface area contributed by atoms with Gasteiger partial charge in [0.05, 0.1) is 6.54 Å². The molecule has 1 aromatic carbocycles. The zero-order chi connectivity index (χ0) is 14.5. The van der Waals surface area contributed by atoms with Crippen molar-refractivity contribution in [2.75, 3.05) is 6.54 Å². The van der Waals surface area contributed by atoms with E-state index in [1.165, 1.54) is 6.07 Å². The van der Waals surface area contributed by atoms with E-state index in [9.17, 15) is 13.6 Å². The Morgan fingerprint density at radius 3 is 2.58 bits per heavy atom.